The topological polar surface area (TPSA) is 90.7 Å². The van der Waals surface area contributed by atoms with Crippen LogP contribution in [-0.4, -0.2) is 55.5 Å². The summed E-state index contributed by atoms with van der Waals surface area (Å²) < 4.78 is 13.9. The highest BCUT2D eigenvalue weighted by Gasteiger charge is 2.16. The van der Waals surface area contributed by atoms with Crippen molar-refractivity contribution in [2.24, 2.45) is 0 Å². The van der Waals surface area contributed by atoms with Crippen LogP contribution in [-0.2, 0) is 17.8 Å². The lowest BCUT2D eigenvalue weighted by atomic mass is 10.0. The van der Waals surface area contributed by atoms with Gasteiger partial charge >= 0.3 is 0 Å². The van der Waals surface area contributed by atoms with Crippen LogP contribution < -0.4 is 5.56 Å². The molecule has 5 rings (SSSR count). The van der Waals surface area contributed by atoms with Crippen LogP contribution in [0.3, 0.4) is 0 Å². The van der Waals surface area contributed by atoms with Gasteiger partial charge in [-0.1, -0.05) is 28.9 Å². The number of aromatic nitrogens is 5. The van der Waals surface area contributed by atoms with Crippen molar-refractivity contribution >= 4 is 5.52 Å². The fourth-order valence-electron chi connectivity index (χ4n) is 3.90. The molecule has 1 saturated heterocycles. The molecule has 1 fully saturated rings. The van der Waals surface area contributed by atoms with Crippen LogP contribution in [0.1, 0.15) is 22.8 Å². The lowest BCUT2D eigenvalue weighted by Gasteiger charge is -2.24. The minimum Gasteiger partial charge on any atom is -0.379 e. The van der Waals surface area contributed by atoms with Crippen LogP contribution in [0.25, 0.3) is 16.8 Å². The van der Waals surface area contributed by atoms with Gasteiger partial charge in [-0.15, -0.1) is 0 Å². The van der Waals surface area contributed by atoms with Crippen molar-refractivity contribution in [2.75, 3.05) is 26.3 Å². The van der Waals surface area contributed by atoms with Crippen molar-refractivity contribution in [1.29, 1.82) is 0 Å². The second kappa shape index (κ2) is 8.09. The first-order valence-corrected chi connectivity index (χ1v) is 10.3. The highest BCUT2D eigenvalue weighted by atomic mass is 16.5. The van der Waals surface area contributed by atoms with Crippen molar-refractivity contribution in [2.45, 2.75) is 26.9 Å². The van der Waals surface area contributed by atoms with E-state index < -0.39 is 0 Å². The Hall–Kier alpha value is -3.30. The number of hydrogen-bond acceptors (Lipinski definition) is 7. The van der Waals surface area contributed by atoms with Gasteiger partial charge in [0.05, 0.1) is 32.0 Å². The maximum absolute atomic E-state index is 13.0. The highest BCUT2D eigenvalue weighted by molar-refractivity contribution is 5.68. The summed E-state index contributed by atoms with van der Waals surface area (Å²) in [5.41, 5.74) is 4.48. The van der Waals surface area contributed by atoms with E-state index >= 15 is 0 Å². The molecular weight excluding hydrogens is 396 g/mol. The minimum absolute atomic E-state index is 0.148. The molecule has 0 bridgehead atoms. The fourth-order valence-corrected chi connectivity index (χ4v) is 3.90. The summed E-state index contributed by atoms with van der Waals surface area (Å²) >= 11 is 0. The Morgan fingerprint density at radius 2 is 1.90 bits per heavy atom. The van der Waals surface area contributed by atoms with E-state index in [4.69, 9.17) is 9.26 Å². The molecule has 1 aromatic carbocycles. The van der Waals surface area contributed by atoms with E-state index in [1.54, 1.807) is 21.5 Å². The van der Waals surface area contributed by atoms with E-state index in [-0.39, 0.29) is 12.1 Å². The normalized spacial score (nSPS) is 15.0. The van der Waals surface area contributed by atoms with Gasteiger partial charge in [0.1, 0.15) is 5.52 Å². The number of rotatable bonds is 5. The van der Waals surface area contributed by atoms with E-state index in [2.05, 4.69) is 46.1 Å². The first-order valence-electron chi connectivity index (χ1n) is 10.3. The first kappa shape index (κ1) is 19.7. The van der Waals surface area contributed by atoms with Crippen LogP contribution in [0.4, 0.5) is 0 Å². The average molecular weight is 420 g/mol. The van der Waals surface area contributed by atoms with Crippen molar-refractivity contribution < 1.29 is 9.26 Å². The zero-order valence-corrected chi connectivity index (χ0v) is 17.6. The third-order valence-corrected chi connectivity index (χ3v) is 5.55. The van der Waals surface area contributed by atoms with Crippen LogP contribution >= 0.6 is 0 Å². The van der Waals surface area contributed by atoms with Gasteiger partial charge in [0.25, 0.3) is 5.56 Å². The number of morpholine rings is 1. The maximum atomic E-state index is 13.0. The molecule has 0 spiro atoms. The molecule has 3 aromatic heterocycles. The standard InChI is InChI=1S/C22H24N6O3/c1-15-3-4-17(16(2)11-15)18-12-19-22(29)27(5-6-28(19)24-18)13-20-23-21(31-25-20)14-26-7-9-30-10-8-26/h3-6,11-12H,7-10,13-14H2,1-2H3. The third kappa shape index (κ3) is 4.01. The van der Waals surface area contributed by atoms with Crippen molar-refractivity contribution in [3.8, 4) is 11.3 Å². The average Bonchev–Trinajstić information content (AvgIpc) is 3.38. The molecule has 0 aliphatic carbocycles. The third-order valence-electron chi connectivity index (χ3n) is 5.55. The summed E-state index contributed by atoms with van der Waals surface area (Å²) in [4.78, 5) is 19.7. The summed E-state index contributed by atoms with van der Waals surface area (Å²) in [6.07, 6.45) is 3.48. The Morgan fingerprint density at radius 1 is 1.06 bits per heavy atom. The molecule has 0 unspecified atom stereocenters. The number of fused-ring (bicyclic) bond motifs is 1. The Balaban J connectivity index is 1.38. The molecule has 4 heterocycles. The molecule has 4 aromatic rings. The summed E-state index contributed by atoms with van der Waals surface area (Å²) in [5.74, 6) is 1.02. The molecule has 0 amide bonds. The predicted octanol–water partition coefficient (Wildman–Crippen LogP) is 2.04. The Labute approximate surface area is 178 Å². The summed E-state index contributed by atoms with van der Waals surface area (Å²) in [6.45, 7) is 8.06. The van der Waals surface area contributed by atoms with E-state index in [1.807, 2.05) is 12.1 Å². The van der Waals surface area contributed by atoms with Crippen LogP contribution in [0.2, 0.25) is 0 Å². The molecule has 31 heavy (non-hydrogen) atoms. The molecular formula is C22H24N6O3. The molecule has 1 aliphatic rings. The quantitative estimate of drug-likeness (QED) is 0.488. The van der Waals surface area contributed by atoms with Crippen LogP contribution in [0.15, 0.2) is 46.0 Å². The molecule has 1 aliphatic heterocycles. The second-order valence-corrected chi connectivity index (χ2v) is 7.90. The lowest BCUT2D eigenvalue weighted by molar-refractivity contribution is 0.0297. The molecule has 9 heteroatoms. The molecule has 9 nitrogen and oxygen atoms in total. The van der Waals surface area contributed by atoms with E-state index in [0.717, 1.165) is 29.9 Å². The fraction of sp³-hybridized carbons (Fsp3) is 0.364. The molecule has 0 atom stereocenters. The maximum Gasteiger partial charge on any atom is 0.277 e. The number of aryl methyl sites for hydroxylation is 2. The number of hydrogen-bond donors (Lipinski definition) is 0. The van der Waals surface area contributed by atoms with Crippen LogP contribution in [0.5, 0.6) is 0 Å². The predicted molar refractivity (Wildman–Crippen MR) is 114 cm³/mol. The first-order chi connectivity index (χ1) is 15.1. The Kier molecular flexibility index (Phi) is 5.13. The zero-order valence-electron chi connectivity index (χ0n) is 17.6. The van der Waals surface area contributed by atoms with Crippen molar-refractivity contribution in [1.82, 2.24) is 29.2 Å². The highest BCUT2D eigenvalue weighted by Crippen LogP contribution is 2.23. The van der Waals surface area contributed by atoms with Crippen molar-refractivity contribution in [3.63, 3.8) is 0 Å². The van der Waals surface area contributed by atoms with Gasteiger partial charge in [-0.25, -0.2) is 4.52 Å². The monoisotopic (exact) mass is 420 g/mol. The van der Waals surface area contributed by atoms with Gasteiger partial charge in [0, 0.05) is 31.0 Å². The van der Waals surface area contributed by atoms with Gasteiger partial charge in [0.2, 0.25) is 5.89 Å². The SMILES string of the molecule is Cc1ccc(-c2cc3c(=O)n(Cc4noc(CN5CCOCC5)n4)ccn3n2)c(C)c1. The van der Waals surface area contributed by atoms with Gasteiger partial charge < -0.3 is 13.8 Å². The van der Waals surface area contributed by atoms with Gasteiger partial charge in [-0.05, 0) is 25.5 Å². The zero-order chi connectivity index (χ0) is 21.4. The lowest BCUT2D eigenvalue weighted by Crippen LogP contribution is -2.35. The van der Waals surface area contributed by atoms with E-state index in [0.29, 0.717) is 37.0 Å². The molecule has 160 valence electrons. The smallest absolute Gasteiger partial charge is 0.277 e. The minimum atomic E-state index is -0.148. The summed E-state index contributed by atoms with van der Waals surface area (Å²) in [5, 5.41) is 8.63. The number of ether oxygens (including phenoxy) is 1. The molecule has 0 saturated carbocycles. The van der Waals surface area contributed by atoms with Gasteiger partial charge in [0.15, 0.2) is 5.82 Å². The van der Waals surface area contributed by atoms with Gasteiger partial charge in [-0.2, -0.15) is 10.1 Å². The van der Waals surface area contributed by atoms with Crippen LogP contribution in [0, 0.1) is 13.8 Å². The molecule has 0 N–H and O–H groups in total. The molecule has 0 radical (unpaired) electrons. The van der Waals surface area contributed by atoms with Crippen molar-refractivity contribution in [3.05, 3.63) is 69.9 Å². The van der Waals surface area contributed by atoms with E-state index in [1.165, 1.54) is 5.56 Å². The van der Waals surface area contributed by atoms with E-state index in [9.17, 15) is 4.79 Å². The second-order valence-electron chi connectivity index (χ2n) is 7.90. The number of nitrogens with zero attached hydrogens (tertiary/aromatic N) is 6. The Bertz CT molecular complexity index is 1280. The van der Waals surface area contributed by atoms with Gasteiger partial charge in [-0.3, -0.25) is 9.69 Å². The largest absolute Gasteiger partial charge is 0.379 e. The number of benzene rings is 1. The summed E-state index contributed by atoms with van der Waals surface area (Å²) in [6, 6.07) is 8.04. The Morgan fingerprint density at radius 3 is 2.71 bits per heavy atom. The summed E-state index contributed by atoms with van der Waals surface area (Å²) in [7, 11) is 0.